The molecule has 1 aromatic carbocycles. The van der Waals surface area contributed by atoms with Crippen LogP contribution in [0.4, 0.5) is 0 Å². The van der Waals surface area contributed by atoms with Crippen LogP contribution in [-0.2, 0) is 9.53 Å². The van der Waals surface area contributed by atoms with Crippen molar-refractivity contribution in [3.8, 4) is 17.2 Å². The Labute approximate surface area is 106 Å². The highest BCUT2D eigenvalue weighted by molar-refractivity contribution is 5.87. The van der Waals surface area contributed by atoms with Gasteiger partial charge in [-0.05, 0) is 23.8 Å². The summed E-state index contributed by atoms with van der Waals surface area (Å²) < 4.78 is 20.1. The van der Waals surface area contributed by atoms with Gasteiger partial charge in [0.1, 0.15) is 0 Å². The van der Waals surface area contributed by atoms with E-state index in [4.69, 9.17) is 14.2 Å². The number of hydrogen-bond acceptors (Lipinski definition) is 5. The van der Waals surface area contributed by atoms with Crippen LogP contribution in [-0.4, -0.2) is 34.4 Å². The van der Waals surface area contributed by atoms with Crippen molar-refractivity contribution in [1.82, 2.24) is 0 Å². The molecule has 0 saturated carbocycles. The minimum Gasteiger partial charge on any atom is -0.493 e. The van der Waals surface area contributed by atoms with Crippen LogP contribution in [0, 0.1) is 0 Å². The standard InChI is InChI=1S/C13H16O5/c1-15-10-7-9(5-6-12(14)17-3)8-11(16-2)13(10)18-4/h5-8H,1-4H3/b6-5+. The van der Waals surface area contributed by atoms with Gasteiger partial charge in [0.15, 0.2) is 11.5 Å². The molecule has 0 spiro atoms. The molecule has 18 heavy (non-hydrogen) atoms. The summed E-state index contributed by atoms with van der Waals surface area (Å²) in [6, 6.07) is 3.47. The molecule has 0 aliphatic rings. The van der Waals surface area contributed by atoms with Gasteiger partial charge in [0.2, 0.25) is 5.75 Å². The third-order valence-electron chi connectivity index (χ3n) is 2.30. The van der Waals surface area contributed by atoms with E-state index in [0.717, 1.165) is 5.56 Å². The molecule has 0 radical (unpaired) electrons. The topological polar surface area (TPSA) is 54.0 Å². The van der Waals surface area contributed by atoms with Gasteiger partial charge >= 0.3 is 5.97 Å². The molecule has 0 heterocycles. The van der Waals surface area contributed by atoms with E-state index < -0.39 is 5.97 Å². The number of hydrogen-bond donors (Lipinski definition) is 0. The largest absolute Gasteiger partial charge is 0.493 e. The van der Waals surface area contributed by atoms with E-state index in [1.165, 1.54) is 34.5 Å². The normalized spacial score (nSPS) is 10.2. The van der Waals surface area contributed by atoms with Crippen LogP contribution >= 0.6 is 0 Å². The zero-order chi connectivity index (χ0) is 13.5. The molecule has 0 aliphatic heterocycles. The summed E-state index contributed by atoms with van der Waals surface area (Å²) >= 11 is 0. The van der Waals surface area contributed by atoms with Gasteiger partial charge in [-0.2, -0.15) is 0 Å². The van der Waals surface area contributed by atoms with Gasteiger partial charge in [-0.25, -0.2) is 4.79 Å². The number of esters is 1. The van der Waals surface area contributed by atoms with Crippen molar-refractivity contribution in [3.63, 3.8) is 0 Å². The fourth-order valence-electron chi connectivity index (χ4n) is 1.43. The quantitative estimate of drug-likeness (QED) is 0.591. The summed E-state index contributed by atoms with van der Waals surface area (Å²) in [4.78, 5) is 11.0. The van der Waals surface area contributed by atoms with Crippen LogP contribution in [0.2, 0.25) is 0 Å². The number of ether oxygens (including phenoxy) is 4. The summed E-state index contributed by atoms with van der Waals surface area (Å²) in [6.45, 7) is 0. The SMILES string of the molecule is COC(=O)/C=C/c1cc(OC)c(OC)c(OC)c1. The first-order chi connectivity index (χ1) is 8.65. The third kappa shape index (κ3) is 3.16. The highest BCUT2D eigenvalue weighted by Crippen LogP contribution is 2.38. The van der Waals surface area contributed by atoms with E-state index in [1.54, 1.807) is 18.2 Å². The van der Waals surface area contributed by atoms with Gasteiger partial charge in [-0.1, -0.05) is 0 Å². The molecule has 0 atom stereocenters. The van der Waals surface area contributed by atoms with E-state index in [0.29, 0.717) is 17.2 Å². The number of benzene rings is 1. The molecule has 5 heteroatoms. The fourth-order valence-corrected chi connectivity index (χ4v) is 1.43. The smallest absolute Gasteiger partial charge is 0.330 e. The van der Waals surface area contributed by atoms with E-state index in [9.17, 15) is 4.79 Å². The van der Waals surface area contributed by atoms with Crippen molar-refractivity contribution >= 4 is 12.0 Å². The maximum absolute atomic E-state index is 11.0. The van der Waals surface area contributed by atoms with Crippen LogP contribution in [0.5, 0.6) is 17.2 Å². The lowest BCUT2D eigenvalue weighted by Gasteiger charge is -2.12. The Hall–Kier alpha value is -2.17. The summed E-state index contributed by atoms with van der Waals surface area (Å²) in [7, 11) is 5.92. The van der Waals surface area contributed by atoms with Crippen LogP contribution in [0.1, 0.15) is 5.56 Å². The van der Waals surface area contributed by atoms with Crippen LogP contribution in [0.15, 0.2) is 18.2 Å². The lowest BCUT2D eigenvalue weighted by Crippen LogP contribution is -1.96. The molecule has 0 aliphatic carbocycles. The molecular weight excluding hydrogens is 236 g/mol. The molecule has 98 valence electrons. The lowest BCUT2D eigenvalue weighted by molar-refractivity contribution is -0.134. The van der Waals surface area contributed by atoms with Crippen LogP contribution < -0.4 is 14.2 Å². The summed E-state index contributed by atoms with van der Waals surface area (Å²) in [5, 5.41) is 0. The van der Waals surface area contributed by atoms with Crippen molar-refractivity contribution in [2.45, 2.75) is 0 Å². The van der Waals surface area contributed by atoms with Crippen molar-refractivity contribution in [1.29, 1.82) is 0 Å². The molecule has 5 nitrogen and oxygen atoms in total. The molecule has 0 amide bonds. The van der Waals surface area contributed by atoms with E-state index in [-0.39, 0.29) is 0 Å². The van der Waals surface area contributed by atoms with E-state index in [1.807, 2.05) is 0 Å². The average molecular weight is 252 g/mol. The summed E-state index contributed by atoms with van der Waals surface area (Å²) in [5.74, 6) is 1.14. The zero-order valence-corrected chi connectivity index (χ0v) is 10.9. The molecule has 0 unspecified atom stereocenters. The molecule has 0 saturated heterocycles. The average Bonchev–Trinajstić information content (AvgIpc) is 2.43. The van der Waals surface area contributed by atoms with Gasteiger partial charge in [0.05, 0.1) is 28.4 Å². The predicted molar refractivity (Wildman–Crippen MR) is 67.1 cm³/mol. The second-order valence-electron chi connectivity index (χ2n) is 3.32. The van der Waals surface area contributed by atoms with Gasteiger partial charge in [0.25, 0.3) is 0 Å². The van der Waals surface area contributed by atoms with Gasteiger partial charge in [-0.3, -0.25) is 0 Å². The zero-order valence-electron chi connectivity index (χ0n) is 10.9. The lowest BCUT2D eigenvalue weighted by atomic mass is 10.1. The molecule has 1 rings (SSSR count). The Kier molecular flexibility index (Phi) is 5.05. The molecule has 0 N–H and O–H groups in total. The maximum Gasteiger partial charge on any atom is 0.330 e. The van der Waals surface area contributed by atoms with E-state index in [2.05, 4.69) is 4.74 Å². The first kappa shape index (κ1) is 13.9. The van der Waals surface area contributed by atoms with Crippen molar-refractivity contribution in [2.75, 3.05) is 28.4 Å². The Morgan fingerprint density at radius 2 is 1.56 bits per heavy atom. The van der Waals surface area contributed by atoms with Crippen LogP contribution in [0.25, 0.3) is 6.08 Å². The Morgan fingerprint density at radius 3 is 1.94 bits per heavy atom. The molecular formula is C13H16O5. The van der Waals surface area contributed by atoms with Crippen molar-refractivity contribution in [2.24, 2.45) is 0 Å². The summed E-state index contributed by atoms with van der Waals surface area (Å²) in [5.41, 5.74) is 0.745. The molecule has 0 fully saturated rings. The Morgan fingerprint density at radius 1 is 1.00 bits per heavy atom. The Balaban J connectivity index is 3.15. The van der Waals surface area contributed by atoms with Crippen LogP contribution in [0.3, 0.4) is 0 Å². The van der Waals surface area contributed by atoms with Gasteiger partial charge in [0, 0.05) is 6.08 Å². The highest BCUT2D eigenvalue weighted by atomic mass is 16.5. The third-order valence-corrected chi connectivity index (χ3v) is 2.30. The first-order valence-electron chi connectivity index (χ1n) is 5.22. The van der Waals surface area contributed by atoms with Gasteiger partial charge in [-0.15, -0.1) is 0 Å². The second-order valence-corrected chi connectivity index (χ2v) is 3.32. The second kappa shape index (κ2) is 6.54. The van der Waals surface area contributed by atoms with Crippen molar-refractivity contribution in [3.05, 3.63) is 23.8 Å². The molecule has 0 aromatic heterocycles. The number of methoxy groups -OCH3 is 4. The minimum atomic E-state index is -0.427. The molecule has 1 aromatic rings. The predicted octanol–water partition coefficient (Wildman–Crippen LogP) is 1.90. The molecule has 0 bridgehead atoms. The highest BCUT2D eigenvalue weighted by Gasteiger charge is 2.12. The van der Waals surface area contributed by atoms with Gasteiger partial charge < -0.3 is 18.9 Å². The van der Waals surface area contributed by atoms with Crippen molar-refractivity contribution < 1.29 is 23.7 Å². The number of carbonyl (C=O) groups is 1. The fraction of sp³-hybridized carbons (Fsp3) is 0.308. The number of rotatable bonds is 5. The monoisotopic (exact) mass is 252 g/mol. The Bertz CT molecular complexity index is 426. The summed E-state index contributed by atoms with van der Waals surface area (Å²) in [6.07, 6.45) is 2.93. The number of carbonyl (C=O) groups excluding carboxylic acids is 1. The first-order valence-corrected chi connectivity index (χ1v) is 5.22. The maximum atomic E-state index is 11.0. The minimum absolute atomic E-state index is 0.427. The van der Waals surface area contributed by atoms with E-state index >= 15 is 0 Å².